The second-order valence-corrected chi connectivity index (χ2v) is 4.97. The Kier molecular flexibility index (Phi) is 2.41. The van der Waals surface area contributed by atoms with Crippen molar-refractivity contribution in [2.45, 2.75) is 10.3 Å². The van der Waals surface area contributed by atoms with E-state index in [1.165, 1.54) is 0 Å². The summed E-state index contributed by atoms with van der Waals surface area (Å²) < 4.78 is 5.15. The van der Waals surface area contributed by atoms with Crippen molar-refractivity contribution in [1.29, 1.82) is 0 Å². The molecule has 0 radical (unpaired) electrons. The van der Waals surface area contributed by atoms with Crippen molar-refractivity contribution in [1.82, 2.24) is 9.97 Å². The highest BCUT2D eigenvalue weighted by Crippen LogP contribution is 2.31. The SMILES string of the molecule is Nc1nc(SC2COC2)c2ccccc2n1. The average Bonchev–Trinajstić information content (AvgIpc) is 2.23. The van der Waals surface area contributed by atoms with Crippen LogP contribution in [0.15, 0.2) is 29.3 Å². The van der Waals surface area contributed by atoms with Gasteiger partial charge < -0.3 is 10.5 Å². The minimum atomic E-state index is 0.335. The van der Waals surface area contributed by atoms with Crippen LogP contribution in [0.3, 0.4) is 0 Å². The summed E-state index contributed by atoms with van der Waals surface area (Å²) in [4.78, 5) is 8.51. The summed E-state index contributed by atoms with van der Waals surface area (Å²) >= 11 is 1.72. The predicted molar refractivity (Wildman–Crippen MR) is 64.4 cm³/mol. The first-order valence-corrected chi connectivity index (χ1v) is 5.97. The summed E-state index contributed by atoms with van der Waals surface area (Å²) in [5.41, 5.74) is 6.59. The molecule has 0 saturated carbocycles. The zero-order valence-corrected chi connectivity index (χ0v) is 9.41. The number of hydrogen-bond donors (Lipinski definition) is 1. The average molecular weight is 233 g/mol. The molecule has 0 spiro atoms. The molecule has 0 amide bonds. The Bertz CT molecular complexity index is 528. The highest BCUT2D eigenvalue weighted by Gasteiger charge is 2.21. The van der Waals surface area contributed by atoms with Crippen LogP contribution in [0, 0.1) is 0 Å². The van der Waals surface area contributed by atoms with Gasteiger partial charge in [-0.3, -0.25) is 0 Å². The molecule has 2 heterocycles. The van der Waals surface area contributed by atoms with Crippen LogP contribution >= 0.6 is 11.8 Å². The molecule has 5 heteroatoms. The molecule has 16 heavy (non-hydrogen) atoms. The molecular formula is C11H11N3OS. The Morgan fingerprint density at radius 3 is 2.81 bits per heavy atom. The van der Waals surface area contributed by atoms with E-state index in [9.17, 15) is 0 Å². The molecule has 4 nitrogen and oxygen atoms in total. The lowest BCUT2D eigenvalue weighted by Crippen LogP contribution is -2.30. The Balaban J connectivity index is 2.06. The third kappa shape index (κ3) is 1.72. The highest BCUT2D eigenvalue weighted by atomic mass is 32.2. The number of aromatic nitrogens is 2. The normalized spacial score (nSPS) is 16.2. The number of ether oxygens (including phenoxy) is 1. The molecule has 3 rings (SSSR count). The lowest BCUT2D eigenvalue weighted by atomic mass is 10.2. The number of anilines is 1. The number of para-hydroxylation sites is 1. The lowest BCUT2D eigenvalue weighted by molar-refractivity contribution is 0.0455. The van der Waals surface area contributed by atoms with E-state index in [0.717, 1.165) is 29.1 Å². The van der Waals surface area contributed by atoms with Gasteiger partial charge in [-0.1, -0.05) is 30.0 Å². The number of nitrogen functional groups attached to an aromatic ring is 1. The molecule has 0 bridgehead atoms. The summed E-state index contributed by atoms with van der Waals surface area (Å²) in [5.74, 6) is 0.335. The van der Waals surface area contributed by atoms with Gasteiger partial charge in [-0.05, 0) is 6.07 Å². The summed E-state index contributed by atoms with van der Waals surface area (Å²) in [6, 6.07) is 7.92. The van der Waals surface area contributed by atoms with Gasteiger partial charge in [0.15, 0.2) is 0 Å². The summed E-state index contributed by atoms with van der Waals surface area (Å²) in [5, 5.41) is 2.52. The Hall–Kier alpha value is -1.33. The first-order chi connectivity index (χ1) is 7.83. The molecular weight excluding hydrogens is 222 g/mol. The second-order valence-electron chi connectivity index (χ2n) is 3.68. The van der Waals surface area contributed by atoms with E-state index in [-0.39, 0.29) is 0 Å². The maximum atomic E-state index is 5.69. The maximum Gasteiger partial charge on any atom is 0.221 e. The van der Waals surface area contributed by atoms with Gasteiger partial charge in [0.2, 0.25) is 5.95 Å². The second kappa shape index (κ2) is 3.92. The summed E-state index contributed by atoms with van der Waals surface area (Å²) in [6.07, 6.45) is 0. The van der Waals surface area contributed by atoms with Crippen molar-refractivity contribution < 1.29 is 4.74 Å². The van der Waals surface area contributed by atoms with Crippen molar-refractivity contribution in [3.63, 3.8) is 0 Å². The fourth-order valence-corrected chi connectivity index (χ4v) is 2.68. The van der Waals surface area contributed by atoms with Gasteiger partial charge in [0.05, 0.1) is 24.0 Å². The molecule has 1 saturated heterocycles. The fourth-order valence-electron chi connectivity index (χ4n) is 1.59. The molecule has 1 aliphatic heterocycles. The van der Waals surface area contributed by atoms with Crippen LogP contribution in [0.2, 0.25) is 0 Å². The van der Waals surface area contributed by atoms with E-state index in [0.29, 0.717) is 11.2 Å². The monoisotopic (exact) mass is 233 g/mol. The number of nitrogens with zero attached hydrogens (tertiary/aromatic N) is 2. The third-order valence-electron chi connectivity index (χ3n) is 2.47. The van der Waals surface area contributed by atoms with Gasteiger partial charge >= 0.3 is 0 Å². The van der Waals surface area contributed by atoms with Crippen LogP contribution in [0.5, 0.6) is 0 Å². The van der Waals surface area contributed by atoms with E-state index in [1.54, 1.807) is 11.8 Å². The van der Waals surface area contributed by atoms with E-state index >= 15 is 0 Å². The molecule has 1 aromatic heterocycles. The molecule has 1 aliphatic rings. The fraction of sp³-hybridized carbons (Fsp3) is 0.273. The van der Waals surface area contributed by atoms with E-state index in [4.69, 9.17) is 10.5 Å². The Labute approximate surface area is 97.2 Å². The molecule has 1 fully saturated rings. The molecule has 2 N–H and O–H groups in total. The van der Waals surface area contributed by atoms with Gasteiger partial charge in [-0.25, -0.2) is 9.97 Å². The molecule has 2 aromatic rings. The number of hydrogen-bond acceptors (Lipinski definition) is 5. The number of fused-ring (bicyclic) bond motifs is 1. The smallest absolute Gasteiger partial charge is 0.221 e. The van der Waals surface area contributed by atoms with Crippen LogP contribution in [0.25, 0.3) is 10.9 Å². The van der Waals surface area contributed by atoms with Gasteiger partial charge in [-0.2, -0.15) is 0 Å². The van der Waals surface area contributed by atoms with Gasteiger partial charge in [0, 0.05) is 5.39 Å². The molecule has 0 atom stereocenters. The molecule has 82 valence electrons. The number of rotatable bonds is 2. The molecule has 0 unspecified atom stereocenters. The maximum absolute atomic E-state index is 5.69. The zero-order valence-electron chi connectivity index (χ0n) is 8.59. The largest absolute Gasteiger partial charge is 0.379 e. The standard InChI is InChI=1S/C11H11N3OS/c12-11-13-9-4-2-1-3-8(9)10(14-11)16-7-5-15-6-7/h1-4,7H,5-6H2,(H2,12,13,14). The van der Waals surface area contributed by atoms with Crippen LogP contribution < -0.4 is 5.73 Å². The van der Waals surface area contributed by atoms with E-state index in [1.807, 2.05) is 24.3 Å². The van der Waals surface area contributed by atoms with Crippen LogP contribution in [-0.2, 0) is 4.74 Å². The Morgan fingerprint density at radius 1 is 1.25 bits per heavy atom. The summed E-state index contributed by atoms with van der Waals surface area (Å²) in [7, 11) is 0. The minimum Gasteiger partial charge on any atom is -0.379 e. The van der Waals surface area contributed by atoms with Crippen molar-refractivity contribution in [2.24, 2.45) is 0 Å². The first kappa shape index (κ1) is 9.86. The number of benzene rings is 1. The topological polar surface area (TPSA) is 61.0 Å². The van der Waals surface area contributed by atoms with Gasteiger partial charge in [0.1, 0.15) is 5.03 Å². The zero-order chi connectivity index (χ0) is 11.0. The van der Waals surface area contributed by atoms with E-state index in [2.05, 4.69) is 9.97 Å². The van der Waals surface area contributed by atoms with Crippen LogP contribution in [0.4, 0.5) is 5.95 Å². The van der Waals surface area contributed by atoms with Crippen molar-refractivity contribution >= 4 is 28.6 Å². The quantitative estimate of drug-likeness (QED) is 0.800. The van der Waals surface area contributed by atoms with Crippen LogP contribution in [0.1, 0.15) is 0 Å². The molecule has 0 aliphatic carbocycles. The summed E-state index contributed by atoms with van der Waals surface area (Å²) in [6.45, 7) is 1.59. The molecule has 1 aromatic carbocycles. The Morgan fingerprint density at radius 2 is 2.06 bits per heavy atom. The number of nitrogens with two attached hydrogens (primary N) is 1. The van der Waals surface area contributed by atoms with Crippen molar-refractivity contribution in [2.75, 3.05) is 18.9 Å². The van der Waals surface area contributed by atoms with Crippen molar-refractivity contribution in [3.8, 4) is 0 Å². The predicted octanol–water partition coefficient (Wildman–Crippen LogP) is 1.70. The van der Waals surface area contributed by atoms with Crippen molar-refractivity contribution in [3.05, 3.63) is 24.3 Å². The highest BCUT2D eigenvalue weighted by molar-refractivity contribution is 8.00. The first-order valence-electron chi connectivity index (χ1n) is 5.09. The minimum absolute atomic E-state index is 0.335. The lowest BCUT2D eigenvalue weighted by Gasteiger charge is -2.25. The van der Waals surface area contributed by atoms with Crippen LogP contribution in [-0.4, -0.2) is 28.4 Å². The van der Waals surface area contributed by atoms with E-state index < -0.39 is 0 Å². The number of thioether (sulfide) groups is 1. The third-order valence-corrected chi connectivity index (χ3v) is 3.61. The van der Waals surface area contributed by atoms with Gasteiger partial charge in [-0.15, -0.1) is 0 Å². The van der Waals surface area contributed by atoms with Gasteiger partial charge in [0.25, 0.3) is 0 Å².